The Hall–Kier alpha value is -1.30. The van der Waals surface area contributed by atoms with E-state index in [1.807, 2.05) is 18.5 Å². The van der Waals surface area contributed by atoms with E-state index in [1.54, 1.807) is 7.11 Å². The third-order valence-corrected chi connectivity index (χ3v) is 4.15. The van der Waals surface area contributed by atoms with Crippen LogP contribution in [0.25, 0.3) is 6.08 Å². The second-order valence-electron chi connectivity index (χ2n) is 7.28. The highest BCUT2D eigenvalue weighted by Gasteiger charge is 2.28. The van der Waals surface area contributed by atoms with E-state index in [9.17, 15) is 5.11 Å². The second-order valence-corrected chi connectivity index (χ2v) is 7.28. The van der Waals surface area contributed by atoms with E-state index in [1.165, 1.54) is 0 Å². The molecule has 1 aliphatic rings. The Labute approximate surface area is 139 Å². The molecule has 0 saturated carbocycles. The fraction of sp³-hybridized carbons (Fsp3) is 0.667. The quantitative estimate of drug-likeness (QED) is 0.893. The standard InChI is InChI=1S/C18H29N3O2/c1-18(2,3)9-8-13-10-20-15(11-19-13)14-6-5-7-17(23-4)16(12-22)21-14/h8-11,14,16-17,21-22H,5-7,12H2,1-4H3/t14-,16-,17+/m0/s1. The highest BCUT2D eigenvalue weighted by Crippen LogP contribution is 2.25. The summed E-state index contributed by atoms with van der Waals surface area (Å²) in [6, 6.07) is 0.0511. The molecule has 0 radical (unpaired) electrons. The average molecular weight is 319 g/mol. The summed E-state index contributed by atoms with van der Waals surface area (Å²) in [7, 11) is 1.70. The van der Waals surface area contributed by atoms with Gasteiger partial charge in [0.1, 0.15) is 0 Å². The Kier molecular flexibility index (Phi) is 6.27. The third-order valence-electron chi connectivity index (χ3n) is 4.15. The number of hydrogen-bond acceptors (Lipinski definition) is 5. The molecule has 1 aromatic rings. The molecule has 2 rings (SSSR count). The first-order valence-electron chi connectivity index (χ1n) is 8.34. The summed E-state index contributed by atoms with van der Waals surface area (Å²) in [5.41, 5.74) is 1.92. The summed E-state index contributed by atoms with van der Waals surface area (Å²) >= 11 is 0. The van der Waals surface area contributed by atoms with Crippen molar-refractivity contribution in [2.75, 3.05) is 13.7 Å². The van der Waals surface area contributed by atoms with Gasteiger partial charge in [-0.25, -0.2) is 0 Å². The van der Waals surface area contributed by atoms with Crippen molar-refractivity contribution < 1.29 is 9.84 Å². The van der Waals surface area contributed by atoms with Gasteiger partial charge in [0.05, 0.1) is 48.6 Å². The summed E-state index contributed by atoms with van der Waals surface area (Å²) in [6.07, 6.45) is 10.8. The Morgan fingerprint density at radius 3 is 2.65 bits per heavy atom. The largest absolute Gasteiger partial charge is 0.395 e. The van der Waals surface area contributed by atoms with Crippen LogP contribution in [0.4, 0.5) is 0 Å². The number of aliphatic hydroxyl groups excluding tert-OH is 1. The van der Waals surface area contributed by atoms with Crippen molar-refractivity contribution in [3.63, 3.8) is 0 Å². The highest BCUT2D eigenvalue weighted by atomic mass is 16.5. The number of ether oxygens (including phenoxy) is 1. The molecular weight excluding hydrogens is 290 g/mol. The van der Waals surface area contributed by atoms with E-state index in [-0.39, 0.29) is 30.2 Å². The van der Waals surface area contributed by atoms with Crippen molar-refractivity contribution in [2.24, 2.45) is 5.41 Å². The summed E-state index contributed by atoms with van der Waals surface area (Å²) in [4.78, 5) is 9.06. The van der Waals surface area contributed by atoms with Crippen LogP contribution in [-0.2, 0) is 4.74 Å². The van der Waals surface area contributed by atoms with Gasteiger partial charge in [0.15, 0.2) is 0 Å². The summed E-state index contributed by atoms with van der Waals surface area (Å²) < 4.78 is 5.47. The predicted octanol–water partition coefficient (Wildman–Crippen LogP) is 2.73. The molecule has 5 heteroatoms. The molecule has 1 aromatic heterocycles. The van der Waals surface area contributed by atoms with Gasteiger partial charge in [0.25, 0.3) is 0 Å². The smallest absolute Gasteiger partial charge is 0.0810 e. The van der Waals surface area contributed by atoms with Crippen LogP contribution >= 0.6 is 0 Å². The van der Waals surface area contributed by atoms with Crippen LogP contribution in [-0.4, -0.2) is 40.9 Å². The minimum atomic E-state index is -0.0604. The van der Waals surface area contributed by atoms with Crippen LogP contribution in [0.3, 0.4) is 0 Å². The molecule has 128 valence electrons. The maximum Gasteiger partial charge on any atom is 0.0810 e. The zero-order valence-corrected chi connectivity index (χ0v) is 14.6. The molecule has 0 bridgehead atoms. The van der Waals surface area contributed by atoms with Crippen molar-refractivity contribution in [2.45, 2.75) is 58.2 Å². The maximum atomic E-state index is 9.58. The van der Waals surface area contributed by atoms with Gasteiger partial charge in [-0.1, -0.05) is 26.8 Å². The molecule has 2 heterocycles. The summed E-state index contributed by atoms with van der Waals surface area (Å²) in [5.74, 6) is 0. The van der Waals surface area contributed by atoms with E-state index in [2.05, 4.69) is 42.1 Å². The maximum absolute atomic E-state index is 9.58. The lowest BCUT2D eigenvalue weighted by atomic mass is 9.96. The number of hydrogen-bond donors (Lipinski definition) is 2. The first-order chi connectivity index (χ1) is 10.9. The van der Waals surface area contributed by atoms with E-state index in [0.29, 0.717) is 0 Å². The van der Waals surface area contributed by atoms with Crippen LogP contribution in [0.15, 0.2) is 18.5 Å². The zero-order chi connectivity index (χ0) is 16.9. The SMILES string of the molecule is CO[C@@H]1CCC[C@@H](c2cnc(C=CC(C)(C)C)cn2)N[C@H]1CO. The Balaban J connectivity index is 2.08. The predicted molar refractivity (Wildman–Crippen MR) is 91.9 cm³/mol. The topological polar surface area (TPSA) is 67.3 Å². The molecule has 3 atom stereocenters. The summed E-state index contributed by atoms with van der Waals surface area (Å²) in [5, 5.41) is 13.0. The number of aromatic nitrogens is 2. The number of nitrogens with zero attached hydrogens (tertiary/aromatic N) is 2. The highest BCUT2D eigenvalue weighted by molar-refractivity contribution is 5.43. The van der Waals surface area contributed by atoms with Crippen LogP contribution in [0.1, 0.15) is 57.5 Å². The normalized spacial score (nSPS) is 26.4. The molecule has 1 aliphatic heterocycles. The number of allylic oxidation sites excluding steroid dienone is 1. The van der Waals surface area contributed by atoms with Gasteiger partial charge in [-0.15, -0.1) is 0 Å². The van der Waals surface area contributed by atoms with Gasteiger partial charge >= 0.3 is 0 Å². The lowest BCUT2D eigenvalue weighted by Crippen LogP contribution is -2.43. The molecule has 0 spiro atoms. The number of aliphatic hydroxyl groups is 1. The second kappa shape index (κ2) is 7.99. The van der Waals surface area contributed by atoms with Crippen molar-refractivity contribution in [3.8, 4) is 0 Å². The third kappa shape index (κ3) is 5.37. The van der Waals surface area contributed by atoms with E-state index in [4.69, 9.17) is 4.74 Å². The van der Waals surface area contributed by atoms with Crippen LogP contribution in [0.2, 0.25) is 0 Å². The first kappa shape index (κ1) is 18.0. The van der Waals surface area contributed by atoms with Crippen LogP contribution in [0, 0.1) is 5.41 Å². The van der Waals surface area contributed by atoms with Crippen molar-refractivity contribution in [3.05, 3.63) is 29.9 Å². The fourth-order valence-electron chi connectivity index (χ4n) is 2.81. The molecule has 23 heavy (non-hydrogen) atoms. The van der Waals surface area contributed by atoms with E-state index >= 15 is 0 Å². The average Bonchev–Trinajstić information content (AvgIpc) is 2.74. The monoisotopic (exact) mass is 319 g/mol. The first-order valence-corrected chi connectivity index (χ1v) is 8.34. The van der Waals surface area contributed by atoms with Gasteiger partial charge in [-0.3, -0.25) is 9.97 Å². The molecule has 0 unspecified atom stereocenters. The minimum Gasteiger partial charge on any atom is -0.395 e. The van der Waals surface area contributed by atoms with Gasteiger partial charge in [-0.2, -0.15) is 0 Å². The Morgan fingerprint density at radius 1 is 1.30 bits per heavy atom. The molecule has 0 aromatic carbocycles. The number of rotatable bonds is 4. The molecular formula is C18H29N3O2. The van der Waals surface area contributed by atoms with Gasteiger partial charge < -0.3 is 15.2 Å². The molecule has 1 saturated heterocycles. The van der Waals surface area contributed by atoms with Gasteiger partial charge in [-0.05, 0) is 30.8 Å². The Bertz CT molecular complexity index is 508. The van der Waals surface area contributed by atoms with E-state index < -0.39 is 0 Å². The molecule has 2 N–H and O–H groups in total. The lowest BCUT2D eigenvalue weighted by Gasteiger charge is -2.25. The molecule has 1 fully saturated rings. The molecule has 0 amide bonds. The van der Waals surface area contributed by atoms with Crippen LogP contribution in [0.5, 0.6) is 0 Å². The molecule has 5 nitrogen and oxygen atoms in total. The van der Waals surface area contributed by atoms with E-state index in [0.717, 1.165) is 30.7 Å². The molecule has 0 aliphatic carbocycles. The van der Waals surface area contributed by atoms with Gasteiger partial charge in [0, 0.05) is 7.11 Å². The van der Waals surface area contributed by atoms with Crippen molar-refractivity contribution >= 4 is 6.08 Å². The van der Waals surface area contributed by atoms with Crippen molar-refractivity contribution in [1.82, 2.24) is 15.3 Å². The van der Waals surface area contributed by atoms with Crippen LogP contribution < -0.4 is 5.32 Å². The Morgan fingerprint density at radius 2 is 2.09 bits per heavy atom. The van der Waals surface area contributed by atoms with Gasteiger partial charge in [0.2, 0.25) is 0 Å². The number of nitrogens with one attached hydrogen (secondary N) is 1. The summed E-state index contributed by atoms with van der Waals surface area (Å²) in [6.45, 7) is 6.53. The minimum absolute atomic E-state index is 0.0481. The van der Waals surface area contributed by atoms with Crippen molar-refractivity contribution in [1.29, 1.82) is 0 Å². The fourth-order valence-corrected chi connectivity index (χ4v) is 2.81. The lowest BCUT2D eigenvalue weighted by molar-refractivity contribution is 0.0432. The zero-order valence-electron chi connectivity index (χ0n) is 14.6. The number of methoxy groups -OCH3 is 1.